The Balaban J connectivity index is 2.00. The predicted molar refractivity (Wildman–Crippen MR) is 82.9 cm³/mol. The molecular formula is C14H12ClNO5S. The number of hydrogen-bond acceptors (Lipinski definition) is 5. The van der Waals surface area contributed by atoms with Crippen molar-refractivity contribution in [1.29, 1.82) is 0 Å². The van der Waals surface area contributed by atoms with Crippen molar-refractivity contribution in [3.8, 4) is 5.75 Å². The fourth-order valence-electron chi connectivity index (χ4n) is 1.70. The standard InChI is InChI=1S/C14H12ClNO5S/c15-9-6-8(7-11-13(19)16-14(20)22-11)3-4-10(9)21-5-1-2-12(17)18/h3-4,6-7H,1-2,5H2,(H,17,18)(H,16,19,20)/b11-7+. The van der Waals surface area contributed by atoms with E-state index in [9.17, 15) is 14.4 Å². The summed E-state index contributed by atoms with van der Waals surface area (Å²) in [5.41, 5.74) is 0.662. The Morgan fingerprint density at radius 1 is 1.41 bits per heavy atom. The van der Waals surface area contributed by atoms with E-state index >= 15 is 0 Å². The van der Waals surface area contributed by atoms with Gasteiger partial charge in [-0.05, 0) is 42.0 Å². The van der Waals surface area contributed by atoms with Gasteiger partial charge in [0.05, 0.1) is 16.5 Å². The molecule has 0 bridgehead atoms. The monoisotopic (exact) mass is 341 g/mol. The minimum atomic E-state index is -0.876. The minimum absolute atomic E-state index is 0.0299. The molecule has 0 aromatic heterocycles. The van der Waals surface area contributed by atoms with Crippen LogP contribution in [0.3, 0.4) is 0 Å². The molecule has 6 nitrogen and oxygen atoms in total. The molecule has 1 aliphatic rings. The molecule has 2 amide bonds. The summed E-state index contributed by atoms with van der Waals surface area (Å²) < 4.78 is 5.40. The Bertz CT molecular complexity index is 659. The van der Waals surface area contributed by atoms with E-state index in [4.69, 9.17) is 21.4 Å². The third-order valence-electron chi connectivity index (χ3n) is 2.69. The van der Waals surface area contributed by atoms with E-state index < -0.39 is 17.1 Å². The van der Waals surface area contributed by atoms with Crippen molar-refractivity contribution in [2.24, 2.45) is 0 Å². The van der Waals surface area contributed by atoms with E-state index in [1.807, 2.05) is 0 Å². The molecule has 0 aliphatic carbocycles. The summed E-state index contributed by atoms with van der Waals surface area (Å²) in [6.07, 6.45) is 1.98. The maximum absolute atomic E-state index is 11.4. The van der Waals surface area contributed by atoms with Crippen LogP contribution in [-0.2, 0) is 9.59 Å². The highest BCUT2D eigenvalue weighted by Gasteiger charge is 2.24. The quantitative estimate of drug-likeness (QED) is 0.610. The third kappa shape index (κ3) is 4.51. The summed E-state index contributed by atoms with van der Waals surface area (Å²) in [6.45, 7) is 0.249. The number of ether oxygens (including phenoxy) is 1. The molecule has 116 valence electrons. The van der Waals surface area contributed by atoms with E-state index in [1.165, 1.54) is 0 Å². The number of nitrogens with one attached hydrogen (secondary N) is 1. The summed E-state index contributed by atoms with van der Waals surface area (Å²) in [4.78, 5) is 33.2. The summed E-state index contributed by atoms with van der Waals surface area (Å²) in [6, 6.07) is 4.94. The van der Waals surface area contributed by atoms with E-state index in [0.29, 0.717) is 27.7 Å². The van der Waals surface area contributed by atoms with Crippen LogP contribution in [0.25, 0.3) is 6.08 Å². The molecule has 1 saturated heterocycles. The molecule has 0 spiro atoms. The molecule has 2 N–H and O–H groups in total. The van der Waals surface area contributed by atoms with Gasteiger partial charge < -0.3 is 9.84 Å². The van der Waals surface area contributed by atoms with E-state index in [-0.39, 0.29) is 13.0 Å². The fraction of sp³-hybridized carbons (Fsp3) is 0.214. The normalized spacial score (nSPS) is 16.0. The lowest BCUT2D eigenvalue weighted by atomic mass is 10.2. The average Bonchev–Trinajstić information content (AvgIpc) is 2.74. The van der Waals surface area contributed by atoms with E-state index in [0.717, 1.165) is 11.8 Å². The van der Waals surface area contributed by atoms with Gasteiger partial charge in [0.15, 0.2) is 0 Å². The SMILES string of the molecule is O=C(O)CCCOc1ccc(/C=C2/SC(=O)NC2=O)cc1Cl. The number of carbonyl (C=O) groups excluding carboxylic acids is 2. The number of carboxylic acids is 1. The first-order chi connectivity index (χ1) is 10.5. The van der Waals surface area contributed by atoms with Crippen molar-refractivity contribution < 1.29 is 24.2 Å². The maximum atomic E-state index is 11.4. The van der Waals surface area contributed by atoms with Crippen LogP contribution >= 0.6 is 23.4 Å². The number of halogens is 1. The van der Waals surface area contributed by atoms with Crippen LogP contribution in [0.5, 0.6) is 5.75 Å². The molecule has 1 aromatic carbocycles. The second-order valence-corrected chi connectivity index (χ2v) is 5.81. The molecule has 0 unspecified atom stereocenters. The topological polar surface area (TPSA) is 92.7 Å². The van der Waals surface area contributed by atoms with Crippen molar-refractivity contribution in [3.05, 3.63) is 33.7 Å². The zero-order valence-corrected chi connectivity index (χ0v) is 12.9. The highest BCUT2D eigenvalue weighted by atomic mass is 35.5. The van der Waals surface area contributed by atoms with Gasteiger partial charge in [0.1, 0.15) is 5.75 Å². The number of rotatable bonds is 6. The van der Waals surface area contributed by atoms with E-state index in [1.54, 1.807) is 24.3 Å². The van der Waals surface area contributed by atoms with Crippen LogP contribution in [0.2, 0.25) is 5.02 Å². The largest absolute Gasteiger partial charge is 0.492 e. The minimum Gasteiger partial charge on any atom is -0.492 e. The summed E-state index contributed by atoms with van der Waals surface area (Å²) in [7, 11) is 0. The second kappa shape index (κ2) is 7.33. The molecule has 0 atom stereocenters. The van der Waals surface area contributed by atoms with E-state index in [2.05, 4.69) is 5.32 Å². The maximum Gasteiger partial charge on any atom is 0.303 e. The Morgan fingerprint density at radius 3 is 2.77 bits per heavy atom. The molecule has 1 fully saturated rings. The lowest BCUT2D eigenvalue weighted by molar-refractivity contribution is -0.137. The number of aliphatic carboxylic acids is 1. The zero-order chi connectivity index (χ0) is 16.1. The lowest BCUT2D eigenvalue weighted by Gasteiger charge is -2.08. The molecule has 0 saturated carbocycles. The first kappa shape index (κ1) is 16.4. The van der Waals surface area contributed by atoms with Crippen molar-refractivity contribution in [2.75, 3.05) is 6.61 Å². The highest BCUT2D eigenvalue weighted by Crippen LogP contribution is 2.29. The molecule has 0 radical (unpaired) electrons. The summed E-state index contributed by atoms with van der Waals surface area (Å²) in [5, 5.41) is 10.6. The Morgan fingerprint density at radius 2 is 2.18 bits per heavy atom. The van der Waals surface area contributed by atoms with Gasteiger partial charge in [0, 0.05) is 6.42 Å². The van der Waals surface area contributed by atoms with Crippen molar-refractivity contribution >= 4 is 46.6 Å². The van der Waals surface area contributed by atoms with Gasteiger partial charge in [-0.3, -0.25) is 19.7 Å². The number of hydrogen-bond donors (Lipinski definition) is 2. The Hall–Kier alpha value is -1.99. The van der Waals surface area contributed by atoms with Gasteiger partial charge in [0.2, 0.25) is 0 Å². The number of imide groups is 1. The number of benzene rings is 1. The van der Waals surface area contributed by atoms with Gasteiger partial charge in [0.25, 0.3) is 11.1 Å². The fourth-order valence-corrected chi connectivity index (χ4v) is 2.63. The molecule has 1 heterocycles. The van der Waals surface area contributed by atoms with Crippen LogP contribution in [0.1, 0.15) is 18.4 Å². The second-order valence-electron chi connectivity index (χ2n) is 4.39. The number of carbonyl (C=O) groups is 3. The van der Waals surface area contributed by atoms with Gasteiger partial charge in [-0.15, -0.1) is 0 Å². The molecule has 8 heteroatoms. The number of carboxylic acid groups (broad SMARTS) is 1. The zero-order valence-electron chi connectivity index (χ0n) is 11.3. The average molecular weight is 342 g/mol. The number of thioether (sulfide) groups is 1. The first-order valence-corrected chi connectivity index (χ1v) is 7.54. The van der Waals surface area contributed by atoms with Crippen molar-refractivity contribution in [3.63, 3.8) is 0 Å². The highest BCUT2D eigenvalue weighted by molar-refractivity contribution is 8.18. The lowest BCUT2D eigenvalue weighted by Crippen LogP contribution is -2.17. The van der Waals surface area contributed by atoms with Gasteiger partial charge >= 0.3 is 5.97 Å². The molecule has 2 rings (SSSR count). The molecular weight excluding hydrogens is 330 g/mol. The van der Waals surface area contributed by atoms with Crippen LogP contribution in [-0.4, -0.2) is 28.8 Å². The van der Waals surface area contributed by atoms with Gasteiger partial charge in [-0.2, -0.15) is 0 Å². The van der Waals surface area contributed by atoms with Gasteiger partial charge in [-0.25, -0.2) is 0 Å². The summed E-state index contributed by atoms with van der Waals surface area (Å²) >= 11 is 6.91. The predicted octanol–water partition coefficient (Wildman–Crippen LogP) is 2.91. The first-order valence-electron chi connectivity index (χ1n) is 6.34. The summed E-state index contributed by atoms with van der Waals surface area (Å²) in [5.74, 6) is -0.868. The van der Waals surface area contributed by atoms with Crippen LogP contribution in [0.4, 0.5) is 4.79 Å². The van der Waals surface area contributed by atoms with Gasteiger partial charge in [-0.1, -0.05) is 17.7 Å². The number of amides is 2. The Labute approximate surface area is 135 Å². The molecule has 1 aromatic rings. The molecule has 1 aliphatic heterocycles. The third-order valence-corrected chi connectivity index (χ3v) is 3.79. The molecule has 22 heavy (non-hydrogen) atoms. The van der Waals surface area contributed by atoms with Crippen LogP contribution < -0.4 is 10.1 Å². The Kier molecular flexibility index (Phi) is 5.46. The van der Waals surface area contributed by atoms with Crippen molar-refractivity contribution in [1.82, 2.24) is 5.32 Å². The van der Waals surface area contributed by atoms with Crippen LogP contribution in [0, 0.1) is 0 Å². The van der Waals surface area contributed by atoms with Crippen LogP contribution in [0.15, 0.2) is 23.1 Å². The smallest absolute Gasteiger partial charge is 0.303 e. The van der Waals surface area contributed by atoms with Crippen molar-refractivity contribution in [2.45, 2.75) is 12.8 Å².